The number of nitrogens with one attached hydrogen (secondary N) is 1. The summed E-state index contributed by atoms with van der Waals surface area (Å²) in [4.78, 5) is 15.8. The molecule has 0 saturated heterocycles. The molecule has 0 aliphatic rings. The van der Waals surface area contributed by atoms with Crippen LogP contribution in [0.5, 0.6) is 5.88 Å². The number of fused-ring (bicyclic) bond motifs is 1. The van der Waals surface area contributed by atoms with E-state index in [-0.39, 0.29) is 19.0 Å². The van der Waals surface area contributed by atoms with Gasteiger partial charge >= 0.3 is 0 Å². The van der Waals surface area contributed by atoms with Crippen molar-refractivity contribution >= 4 is 16.9 Å². The van der Waals surface area contributed by atoms with Crippen LogP contribution in [0.15, 0.2) is 30.5 Å². The Morgan fingerprint density at radius 3 is 2.90 bits per heavy atom. The number of aliphatic hydroxyl groups is 1. The maximum absolute atomic E-state index is 8.75. The van der Waals surface area contributed by atoms with Crippen LogP contribution >= 0.6 is 0 Å². The number of para-hydroxylation sites is 2. The van der Waals surface area contributed by atoms with Crippen LogP contribution in [0.4, 0.5) is 5.82 Å². The number of hydrogen-bond acceptors (Lipinski definition) is 6. The maximum atomic E-state index is 8.75. The molecule has 0 bridgehead atoms. The molecule has 0 fully saturated rings. The first-order chi connectivity index (χ1) is 9.78. The first-order valence-corrected chi connectivity index (χ1v) is 6.09. The molecule has 3 rings (SSSR count). The van der Waals surface area contributed by atoms with Gasteiger partial charge in [-0.1, -0.05) is 12.1 Å². The minimum absolute atomic E-state index is 0.0912. The van der Waals surface area contributed by atoms with Crippen molar-refractivity contribution in [3.8, 4) is 17.4 Å². The van der Waals surface area contributed by atoms with Gasteiger partial charge in [-0.05, 0) is 12.1 Å². The second-order valence-electron chi connectivity index (χ2n) is 4.12. The lowest BCUT2D eigenvalue weighted by Crippen LogP contribution is -2.06. The van der Waals surface area contributed by atoms with Gasteiger partial charge in [0.05, 0.1) is 23.8 Å². The number of ether oxygens (including phenoxy) is 1. The van der Waals surface area contributed by atoms with Crippen LogP contribution in [-0.2, 0) is 0 Å². The quantitative estimate of drug-likeness (QED) is 0.652. The van der Waals surface area contributed by atoms with E-state index in [1.54, 1.807) is 0 Å². The van der Waals surface area contributed by atoms with Gasteiger partial charge in [0, 0.05) is 0 Å². The average molecular weight is 271 g/mol. The summed E-state index contributed by atoms with van der Waals surface area (Å²) in [5.74, 6) is 1.09. The molecule has 0 amide bonds. The highest BCUT2D eigenvalue weighted by molar-refractivity contribution is 5.80. The van der Waals surface area contributed by atoms with Gasteiger partial charge in [0.2, 0.25) is 5.88 Å². The smallest absolute Gasteiger partial charge is 0.233 e. The van der Waals surface area contributed by atoms with Crippen molar-refractivity contribution in [3.05, 3.63) is 30.5 Å². The van der Waals surface area contributed by atoms with Crippen molar-refractivity contribution < 1.29 is 9.84 Å². The number of aliphatic hydroxyl groups excluding tert-OH is 1. The summed E-state index contributed by atoms with van der Waals surface area (Å²) in [5, 5.41) is 8.75. The molecule has 2 aromatic heterocycles. The molecule has 0 unspecified atom stereocenters. The minimum Gasteiger partial charge on any atom is -0.474 e. The van der Waals surface area contributed by atoms with Crippen LogP contribution < -0.4 is 10.5 Å². The first kappa shape index (κ1) is 12.4. The Morgan fingerprint density at radius 2 is 2.10 bits per heavy atom. The second-order valence-corrected chi connectivity index (χ2v) is 4.12. The fourth-order valence-electron chi connectivity index (χ4n) is 1.84. The van der Waals surface area contributed by atoms with Gasteiger partial charge in [-0.15, -0.1) is 0 Å². The zero-order chi connectivity index (χ0) is 13.9. The molecule has 7 nitrogen and oxygen atoms in total. The number of nitrogens with zero attached hydrogens (tertiary/aromatic N) is 3. The van der Waals surface area contributed by atoms with E-state index in [4.69, 9.17) is 15.6 Å². The average Bonchev–Trinajstić information content (AvgIpc) is 2.90. The van der Waals surface area contributed by atoms with Crippen molar-refractivity contribution in [3.63, 3.8) is 0 Å². The van der Waals surface area contributed by atoms with E-state index in [2.05, 4.69) is 19.9 Å². The van der Waals surface area contributed by atoms with Crippen LogP contribution in [0, 0.1) is 0 Å². The summed E-state index contributed by atoms with van der Waals surface area (Å²) in [6.45, 7) is 0.0597. The summed E-state index contributed by atoms with van der Waals surface area (Å²) < 4.78 is 5.23. The number of nitrogens with two attached hydrogens (primary N) is 1. The van der Waals surface area contributed by atoms with E-state index < -0.39 is 0 Å². The fraction of sp³-hybridized carbons (Fsp3) is 0.154. The number of nitrogen functional groups attached to an aromatic ring is 1. The maximum Gasteiger partial charge on any atom is 0.233 e. The van der Waals surface area contributed by atoms with Gasteiger partial charge in [-0.2, -0.15) is 0 Å². The number of H-pyrrole nitrogens is 1. The van der Waals surface area contributed by atoms with Crippen molar-refractivity contribution in [2.24, 2.45) is 0 Å². The molecule has 20 heavy (non-hydrogen) atoms. The SMILES string of the molecule is Nc1ncc(OCCO)nc1-c1nc2ccccc2[nH]1. The van der Waals surface area contributed by atoms with Gasteiger partial charge in [0.1, 0.15) is 6.61 Å². The van der Waals surface area contributed by atoms with E-state index in [0.29, 0.717) is 17.4 Å². The topological polar surface area (TPSA) is 110 Å². The third kappa shape index (κ3) is 2.26. The van der Waals surface area contributed by atoms with E-state index >= 15 is 0 Å². The summed E-state index contributed by atoms with van der Waals surface area (Å²) in [6, 6.07) is 7.63. The van der Waals surface area contributed by atoms with Gasteiger partial charge in [-0.25, -0.2) is 15.0 Å². The molecule has 0 spiro atoms. The largest absolute Gasteiger partial charge is 0.474 e. The predicted molar refractivity (Wildman–Crippen MR) is 74.1 cm³/mol. The molecule has 0 aliphatic carbocycles. The lowest BCUT2D eigenvalue weighted by Gasteiger charge is -2.05. The van der Waals surface area contributed by atoms with Crippen molar-refractivity contribution in [1.29, 1.82) is 0 Å². The lowest BCUT2D eigenvalue weighted by molar-refractivity contribution is 0.196. The molecule has 0 radical (unpaired) electrons. The lowest BCUT2D eigenvalue weighted by atomic mass is 10.3. The Hall–Kier alpha value is -2.67. The summed E-state index contributed by atoms with van der Waals surface area (Å²) in [7, 11) is 0. The van der Waals surface area contributed by atoms with E-state index in [9.17, 15) is 0 Å². The second kappa shape index (κ2) is 5.14. The number of rotatable bonds is 4. The molecule has 0 atom stereocenters. The Balaban J connectivity index is 2.03. The van der Waals surface area contributed by atoms with Gasteiger partial charge in [-0.3, -0.25) is 0 Å². The van der Waals surface area contributed by atoms with Crippen molar-refractivity contribution in [1.82, 2.24) is 19.9 Å². The van der Waals surface area contributed by atoms with Crippen LogP contribution in [0.1, 0.15) is 0 Å². The molecule has 3 aromatic rings. The standard InChI is InChI=1S/C13H13N5O2/c14-12-11(18-10(7-15-12)20-6-5-19)13-16-8-3-1-2-4-9(8)17-13/h1-4,7,19H,5-6H2,(H2,14,15)(H,16,17). The zero-order valence-electron chi connectivity index (χ0n) is 10.6. The van der Waals surface area contributed by atoms with E-state index in [1.807, 2.05) is 24.3 Å². The molecule has 0 aliphatic heterocycles. The van der Waals surface area contributed by atoms with Gasteiger partial charge in [0.15, 0.2) is 17.3 Å². The zero-order valence-corrected chi connectivity index (χ0v) is 10.6. The third-order valence-electron chi connectivity index (χ3n) is 2.73. The van der Waals surface area contributed by atoms with Crippen LogP contribution in [0.2, 0.25) is 0 Å². The summed E-state index contributed by atoms with van der Waals surface area (Å²) in [6.07, 6.45) is 1.41. The molecule has 1 aromatic carbocycles. The summed E-state index contributed by atoms with van der Waals surface area (Å²) >= 11 is 0. The number of imidazole rings is 1. The van der Waals surface area contributed by atoms with E-state index in [1.165, 1.54) is 6.20 Å². The Labute approximate surface area is 114 Å². The Morgan fingerprint density at radius 1 is 1.25 bits per heavy atom. The number of aromatic nitrogens is 4. The highest BCUT2D eigenvalue weighted by atomic mass is 16.5. The summed E-state index contributed by atoms with van der Waals surface area (Å²) in [5.41, 5.74) is 7.98. The predicted octanol–water partition coefficient (Wildman–Crippen LogP) is 0.973. The van der Waals surface area contributed by atoms with Crippen LogP contribution in [0.3, 0.4) is 0 Å². The highest BCUT2D eigenvalue weighted by Crippen LogP contribution is 2.24. The normalized spacial score (nSPS) is 10.8. The van der Waals surface area contributed by atoms with Crippen molar-refractivity contribution in [2.75, 3.05) is 18.9 Å². The van der Waals surface area contributed by atoms with Crippen LogP contribution in [-0.4, -0.2) is 38.3 Å². The van der Waals surface area contributed by atoms with E-state index in [0.717, 1.165) is 11.0 Å². The molecule has 4 N–H and O–H groups in total. The third-order valence-corrected chi connectivity index (χ3v) is 2.73. The molecule has 102 valence electrons. The fourth-order valence-corrected chi connectivity index (χ4v) is 1.84. The van der Waals surface area contributed by atoms with Gasteiger partial charge in [0.25, 0.3) is 0 Å². The van der Waals surface area contributed by atoms with Gasteiger partial charge < -0.3 is 20.6 Å². The number of aromatic amines is 1. The molecule has 0 saturated carbocycles. The van der Waals surface area contributed by atoms with Crippen LogP contribution in [0.25, 0.3) is 22.6 Å². The highest BCUT2D eigenvalue weighted by Gasteiger charge is 2.12. The number of hydrogen-bond donors (Lipinski definition) is 3. The molecular weight excluding hydrogens is 258 g/mol. The first-order valence-electron chi connectivity index (χ1n) is 6.09. The monoisotopic (exact) mass is 271 g/mol. The number of anilines is 1. The number of benzene rings is 1. The minimum atomic E-state index is -0.0912. The van der Waals surface area contributed by atoms with Crippen molar-refractivity contribution in [2.45, 2.75) is 0 Å². The Kier molecular flexibility index (Phi) is 3.18. The molecular formula is C13H13N5O2. The molecule has 7 heteroatoms. The Bertz CT molecular complexity index is 707. The molecule has 2 heterocycles.